The second kappa shape index (κ2) is 13.4. The fourth-order valence-corrected chi connectivity index (χ4v) is 5.28. The molecule has 6 rings (SSSR count). The third-order valence-corrected chi connectivity index (χ3v) is 7.69. The summed E-state index contributed by atoms with van der Waals surface area (Å²) < 4.78 is 13.8. The van der Waals surface area contributed by atoms with Crippen LogP contribution in [0.4, 0.5) is 17.3 Å². The molecule has 12 heteroatoms. The van der Waals surface area contributed by atoms with E-state index >= 15 is 0 Å². The summed E-state index contributed by atoms with van der Waals surface area (Å²) in [6.45, 7) is 4.12. The first-order chi connectivity index (χ1) is 22.9. The van der Waals surface area contributed by atoms with Crippen LogP contribution in [0.5, 0.6) is 11.5 Å². The van der Waals surface area contributed by atoms with Crippen molar-refractivity contribution in [2.75, 3.05) is 30.2 Å². The van der Waals surface area contributed by atoms with Crippen molar-refractivity contribution in [3.8, 4) is 17.2 Å². The number of aromatic nitrogens is 5. The maximum atomic E-state index is 14.0. The minimum absolute atomic E-state index is 0.183. The summed E-state index contributed by atoms with van der Waals surface area (Å²) in [5.74, 6) is 1.88. The quantitative estimate of drug-likeness (QED) is 0.166. The van der Waals surface area contributed by atoms with E-state index < -0.39 is 11.9 Å². The second-order valence-corrected chi connectivity index (χ2v) is 10.8. The average molecular weight is 631 g/mol. The zero-order valence-corrected chi connectivity index (χ0v) is 26.4. The van der Waals surface area contributed by atoms with Crippen LogP contribution in [0.3, 0.4) is 0 Å². The Kier molecular flexibility index (Phi) is 8.82. The molecule has 0 aliphatic carbocycles. The minimum atomic E-state index is -0.581. The van der Waals surface area contributed by atoms with Gasteiger partial charge in [-0.05, 0) is 67.4 Å². The van der Waals surface area contributed by atoms with Crippen LogP contribution >= 0.6 is 0 Å². The molecule has 0 unspecified atom stereocenters. The molecule has 1 amide bonds. The molecule has 3 aromatic carbocycles. The highest BCUT2D eigenvalue weighted by Crippen LogP contribution is 2.27. The minimum Gasteiger partial charge on any atom is -0.497 e. The van der Waals surface area contributed by atoms with E-state index in [1.807, 2.05) is 74.5 Å². The van der Waals surface area contributed by atoms with E-state index in [4.69, 9.17) is 14.6 Å². The summed E-state index contributed by atoms with van der Waals surface area (Å²) in [7, 11) is 3.18. The van der Waals surface area contributed by atoms with Gasteiger partial charge in [-0.2, -0.15) is 5.10 Å². The number of nitrogens with one attached hydrogen (secondary N) is 3. The molecule has 12 nitrogen and oxygen atoms in total. The topological polar surface area (TPSA) is 137 Å². The Hall–Kier alpha value is -6.17. The summed E-state index contributed by atoms with van der Waals surface area (Å²) in [5.41, 5.74) is 3.43. The van der Waals surface area contributed by atoms with Crippen LogP contribution in [0.25, 0.3) is 11.2 Å². The molecular formula is C35H34N8O4. The molecule has 0 aliphatic rings. The summed E-state index contributed by atoms with van der Waals surface area (Å²) in [6, 6.07) is 25.3. The summed E-state index contributed by atoms with van der Waals surface area (Å²) in [6.07, 6.45) is 3.14. The lowest BCUT2D eigenvalue weighted by atomic mass is 10.2. The fraction of sp³-hybridized carbons (Fsp3) is 0.171. The Morgan fingerprint density at radius 1 is 0.894 bits per heavy atom. The number of amides is 1. The lowest BCUT2D eigenvalue weighted by molar-refractivity contribution is 0.102. The summed E-state index contributed by atoms with van der Waals surface area (Å²) in [4.78, 5) is 36.8. The van der Waals surface area contributed by atoms with E-state index in [0.29, 0.717) is 40.8 Å². The van der Waals surface area contributed by atoms with Crippen LogP contribution in [0.15, 0.2) is 102 Å². The van der Waals surface area contributed by atoms with Crippen molar-refractivity contribution in [3.05, 3.63) is 130 Å². The standard InChI is InChI=1S/C35H34N8O4/c1-22-17-18-42-30(22)35(45)43(26-10-6-5-7-11-26)33(41-42)23(2)39-32-29(34(44)40-25-9-8-12-28(19-25)47-4)31(37-21-38-32)36-20-24-13-15-27(46-3)16-14-24/h5-19,21,23H,20H2,1-4H3,(H,40,44)(H2,36,37,38,39)/t23-/m0/s1. The van der Waals surface area contributed by atoms with Crippen molar-refractivity contribution < 1.29 is 14.3 Å². The van der Waals surface area contributed by atoms with Gasteiger partial charge in [0.2, 0.25) is 0 Å². The number of nitrogens with zero attached hydrogens (tertiary/aromatic N) is 5. The van der Waals surface area contributed by atoms with Crippen LogP contribution in [-0.4, -0.2) is 44.3 Å². The monoisotopic (exact) mass is 630 g/mol. The van der Waals surface area contributed by atoms with Gasteiger partial charge in [-0.1, -0.05) is 36.4 Å². The Morgan fingerprint density at radius 2 is 1.64 bits per heavy atom. The molecule has 3 heterocycles. The van der Waals surface area contributed by atoms with Gasteiger partial charge in [0.25, 0.3) is 11.5 Å². The number of benzene rings is 3. The van der Waals surface area contributed by atoms with Crippen molar-refractivity contribution in [1.82, 2.24) is 24.1 Å². The van der Waals surface area contributed by atoms with Crippen LogP contribution in [0.1, 0.15) is 40.3 Å². The molecule has 3 aromatic heterocycles. The number of hydrogen-bond acceptors (Lipinski definition) is 9. The highest BCUT2D eigenvalue weighted by Gasteiger charge is 2.25. The first-order valence-corrected chi connectivity index (χ1v) is 15.0. The van der Waals surface area contributed by atoms with E-state index in [1.54, 1.807) is 53.8 Å². The largest absolute Gasteiger partial charge is 0.497 e. The number of anilines is 3. The maximum absolute atomic E-state index is 14.0. The van der Waals surface area contributed by atoms with E-state index in [2.05, 4.69) is 25.9 Å². The number of hydrogen-bond donors (Lipinski definition) is 3. The average Bonchev–Trinajstić information content (AvgIpc) is 3.48. The molecule has 1 atom stereocenters. The fourth-order valence-electron chi connectivity index (χ4n) is 5.28. The van der Waals surface area contributed by atoms with Gasteiger partial charge < -0.3 is 25.4 Å². The molecule has 0 fully saturated rings. The van der Waals surface area contributed by atoms with Gasteiger partial charge in [-0.25, -0.2) is 14.5 Å². The number of rotatable bonds is 11. The van der Waals surface area contributed by atoms with Gasteiger partial charge in [0.05, 0.1) is 25.9 Å². The normalized spacial score (nSPS) is 11.6. The Balaban J connectivity index is 1.40. The second-order valence-electron chi connectivity index (χ2n) is 10.8. The molecule has 0 radical (unpaired) electrons. The van der Waals surface area contributed by atoms with E-state index in [-0.39, 0.29) is 16.9 Å². The number of fused-ring (bicyclic) bond motifs is 1. The third-order valence-electron chi connectivity index (χ3n) is 7.69. The lowest BCUT2D eigenvalue weighted by Gasteiger charge is -2.21. The Labute approximate surface area is 271 Å². The number of para-hydroxylation sites is 1. The number of carbonyl (C=O) groups excluding carboxylic acids is 1. The van der Waals surface area contributed by atoms with Crippen molar-refractivity contribution in [3.63, 3.8) is 0 Å². The van der Waals surface area contributed by atoms with Gasteiger partial charge in [0, 0.05) is 24.5 Å². The van der Waals surface area contributed by atoms with Gasteiger partial charge in [-0.15, -0.1) is 0 Å². The Bertz CT molecular complexity index is 2090. The first kappa shape index (κ1) is 30.8. The molecule has 0 saturated carbocycles. The van der Waals surface area contributed by atoms with Gasteiger partial charge in [-0.3, -0.25) is 14.2 Å². The van der Waals surface area contributed by atoms with Crippen molar-refractivity contribution in [1.29, 1.82) is 0 Å². The van der Waals surface area contributed by atoms with E-state index in [1.165, 1.54) is 6.33 Å². The van der Waals surface area contributed by atoms with Crippen molar-refractivity contribution in [2.45, 2.75) is 26.4 Å². The summed E-state index contributed by atoms with van der Waals surface area (Å²) >= 11 is 0. The van der Waals surface area contributed by atoms with Crippen LogP contribution in [-0.2, 0) is 6.54 Å². The van der Waals surface area contributed by atoms with Gasteiger partial charge >= 0.3 is 0 Å². The first-order valence-electron chi connectivity index (χ1n) is 15.0. The van der Waals surface area contributed by atoms with Crippen LogP contribution in [0.2, 0.25) is 0 Å². The summed E-state index contributed by atoms with van der Waals surface area (Å²) in [5, 5.41) is 14.4. The number of aryl methyl sites for hydroxylation is 1. The highest BCUT2D eigenvalue weighted by molar-refractivity contribution is 6.10. The molecule has 0 spiro atoms. The predicted molar refractivity (Wildman–Crippen MR) is 181 cm³/mol. The van der Waals surface area contributed by atoms with Crippen molar-refractivity contribution in [2.24, 2.45) is 0 Å². The highest BCUT2D eigenvalue weighted by atomic mass is 16.5. The molecule has 6 aromatic rings. The van der Waals surface area contributed by atoms with Gasteiger partial charge in [0.1, 0.15) is 40.5 Å². The maximum Gasteiger partial charge on any atom is 0.282 e. The molecule has 0 aliphatic heterocycles. The SMILES string of the molecule is COc1ccc(CNc2ncnc(N[C@@H](C)c3nn4ccc(C)c4c(=O)n3-c3ccccc3)c2C(=O)Nc2cccc(OC)c2)cc1. The number of carbonyl (C=O) groups is 1. The van der Waals surface area contributed by atoms with Gasteiger partial charge in [0.15, 0.2) is 5.82 Å². The zero-order chi connectivity index (χ0) is 32.9. The Morgan fingerprint density at radius 3 is 2.38 bits per heavy atom. The molecule has 238 valence electrons. The lowest BCUT2D eigenvalue weighted by Crippen LogP contribution is -2.30. The predicted octanol–water partition coefficient (Wildman–Crippen LogP) is 5.64. The smallest absolute Gasteiger partial charge is 0.282 e. The number of methoxy groups -OCH3 is 2. The zero-order valence-electron chi connectivity index (χ0n) is 26.4. The molecule has 47 heavy (non-hydrogen) atoms. The number of ether oxygens (including phenoxy) is 2. The molecular weight excluding hydrogens is 596 g/mol. The molecule has 3 N–H and O–H groups in total. The van der Waals surface area contributed by atoms with Crippen LogP contribution < -0.4 is 31.0 Å². The third kappa shape index (κ3) is 6.47. The van der Waals surface area contributed by atoms with Crippen LogP contribution in [0, 0.1) is 6.92 Å². The molecule has 0 bridgehead atoms. The molecule has 0 saturated heterocycles. The van der Waals surface area contributed by atoms with Crippen molar-refractivity contribution >= 4 is 28.7 Å². The van der Waals surface area contributed by atoms with E-state index in [9.17, 15) is 9.59 Å². The van der Waals surface area contributed by atoms with E-state index in [0.717, 1.165) is 16.9 Å².